The van der Waals surface area contributed by atoms with E-state index < -0.39 is 10.0 Å². The van der Waals surface area contributed by atoms with E-state index in [1.807, 2.05) is 6.07 Å². The van der Waals surface area contributed by atoms with Crippen LogP contribution in [-0.4, -0.2) is 26.0 Å². The van der Waals surface area contributed by atoms with Crippen LogP contribution in [0, 0.1) is 0 Å². The second-order valence-corrected chi connectivity index (χ2v) is 8.76. The first-order valence-corrected chi connectivity index (χ1v) is 11.5. The molecule has 0 fully saturated rings. The first kappa shape index (κ1) is 22.8. The summed E-state index contributed by atoms with van der Waals surface area (Å²) >= 11 is 5.15. The number of benzene rings is 2. The highest BCUT2D eigenvalue weighted by Crippen LogP contribution is 2.24. The summed E-state index contributed by atoms with van der Waals surface area (Å²) in [6, 6.07) is 15.3. The molecule has 0 aliphatic rings. The van der Waals surface area contributed by atoms with Gasteiger partial charge in [-0.3, -0.25) is 9.10 Å². The van der Waals surface area contributed by atoms with Crippen molar-refractivity contribution < 1.29 is 13.2 Å². The largest absolute Gasteiger partial charge is 0.332 e. The zero-order valence-electron chi connectivity index (χ0n) is 16.7. The van der Waals surface area contributed by atoms with Crippen molar-refractivity contribution in [2.75, 3.05) is 16.2 Å². The first-order valence-electron chi connectivity index (χ1n) is 9.67. The van der Waals surface area contributed by atoms with Gasteiger partial charge in [0.15, 0.2) is 5.11 Å². The SMILES string of the molecule is CCCCCC(=O)NC(=S)Nc1ccc(S(=O)(=O)N(CC)c2ccccc2)cc1. The molecule has 29 heavy (non-hydrogen) atoms. The Kier molecular flexibility index (Phi) is 8.60. The number of carbonyl (C=O) groups is 1. The normalized spacial score (nSPS) is 11.0. The van der Waals surface area contributed by atoms with Gasteiger partial charge in [-0.15, -0.1) is 0 Å². The standard InChI is InChI=1S/C21H27N3O3S2/c1-3-5-7-12-20(25)23-21(28)22-17-13-15-19(16-14-17)29(26,27)24(4-2)18-10-8-6-9-11-18/h6,8-11,13-16H,3-5,7,12H2,1-2H3,(H2,22,23,25,28). The highest BCUT2D eigenvalue weighted by molar-refractivity contribution is 7.92. The molecule has 0 spiro atoms. The maximum Gasteiger partial charge on any atom is 0.264 e. The molecule has 8 heteroatoms. The molecule has 6 nitrogen and oxygen atoms in total. The van der Waals surface area contributed by atoms with Gasteiger partial charge in [0.05, 0.1) is 10.6 Å². The molecule has 2 aromatic carbocycles. The summed E-state index contributed by atoms with van der Waals surface area (Å²) < 4.78 is 27.3. The lowest BCUT2D eigenvalue weighted by atomic mass is 10.2. The summed E-state index contributed by atoms with van der Waals surface area (Å²) in [5.74, 6) is -0.128. The van der Waals surface area contributed by atoms with E-state index >= 15 is 0 Å². The number of unbranched alkanes of at least 4 members (excludes halogenated alkanes) is 2. The Hall–Kier alpha value is -2.45. The Morgan fingerprint density at radius 1 is 1.00 bits per heavy atom. The molecule has 2 N–H and O–H groups in total. The van der Waals surface area contributed by atoms with Gasteiger partial charge in [-0.1, -0.05) is 38.0 Å². The average molecular weight is 434 g/mol. The molecule has 0 aliphatic carbocycles. The van der Waals surface area contributed by atoms with E-state index in [2.05, 4.69) is 17.6 Å². The number of anilines is 2. The van der Waals surface area contributed by atoms with Crippen molar-refractivity contribution in [3.63, 3.8) is 0 Å². The van der Waals surface area contributed by atoms with Crippen molar-refractivity contribution in [1.82, 2.24) is 5.32 Å². The molecule has 0 unspecified atom stereocenters. The molecule has 2 rings (SSSR count). The summed E-state index contributed by atoms with van der Waals surface area (Å²) in [5.41, 5.74) is 1.22. The van der Waals surface area contributed by atoms with Gasteiger partial charge in [0.2, 0.25) is 5.91 Å². The second kappa shape index (κ2) is 10.9. The van der Waals surface area contributed by atoms with Crippen LogP contribution in [-0.2, 0) is 14.8 Å². The van der Waals surface area contributed by atoms with E-state index in [0.717, 1.165) is 19.3 Å². The van der Waals surface area contributed by atoms with E-state index in [1.165, 1.54) is 16.4 Å². The van der Waals surface area contributed by atoms with E-state index in [0.29, 0.717) is 24.3 Å². The molecule has 0 saturated heterocycles. The zero-order chi connectivity index (χ0) is 21.3. The second-order valence-electron chi connectivity index (χ2n) is 6.49. The van der Waals surface area contributed by atoms with Gasteiger partial charge in [0.1, 0.15) is 0 Å². The zero-order valence-corrected chi connectivity index (χ0v) is 18.4. The molecule has 0 aromatic heterocycles. The maximum atomic E-state index is 13.0. The van der Waals surface area contributed by atoms with Crippen molar-refractivity contribution in [3.8, 4) is 0 Å². The quantitative estimate of drug-likeness (QED) is 0.455. The highest BCUT2D eigenvalue weighted by Gasteiger charge is 2.23. The number of sulfonamides is 1. The van der Waals surface area contributed by atoms with Gasteiger partial charge in [-0.25, -0.2) is 8.42 Å². The molecule has 0 radical (unpaired) electrons. The molecule has 0 bridgehead atoms. The Labute approximate surface area is 178 Å². The van der Waals surface area contributed by atoms with Crippen LogP contribution < -0.4 is 14.9 Å². The molecule has 0 aliphatic heterocycles. The summed E-state index contributed by atoms with van der Waals surface area (Å²) in [7, 11) is -3.68. The predicted octanol–water partition coefficient (Wildman–Crippen LogP) is 4.30. The van der Waals surface area contributed by atoms with Crippen LogP contribution in [0.2, 0.25) is 0 Å². The fraction of sp³-hybridized carbons (Fsp3) is 0.333. The molecule has 156 valence electrons. The molecule has 2 aromatic rings. The number of nitrogens with one attached hydrogen (secondary N) is 2. The first-order chi connectivity index (χ1) is 13.9. The van der Waals surface area contributed by atoms with Gasteiger partial charge in [-0.05, 0) is 62.0 Å². The lowest BCUT2D eigenvalue weighted by Crippen LogP contribution is -2.34. The van der Waals surface area contributed by atoms with Crippen LogP contribution in [0.15, 0.2) is 59.5 Å². The fourth-order valence-electron chi connectivity index (χ4n) is 2.81. The minimum absolute atomic E-state index is 0.128. The van der Waals surface area contributed by atoms with Gasteiger partial charge in [-0.2, -0.15) is 0 Å². The summed E-state index contributed by atoms with van der Waals surface area (Å²) in [6.07, 6.45) is 3.30. The van der Waals surface area contributed by atoms with Crippen molar-refractivity contribution in [3.05, 3.63) is 54.6 Å². The van der Waals surface area contributed by atoms with Crippen LogP contribution in [0.4, 0.5) is 11.4 Å². The van der Waals surface area contributed by atoms with Gasteiger partial charge >= 0.3 is 0 Å². The molecule has 1 amide bonds. The Morgan fingerprint density at radius 3 is 2.24 bits per heavy atom. The van der Waals surface area contributed by atoms with E-state index in [9.17, 15) is 13.2 Å². The maximum absolute atomic E-state index is 13.0. The number of thiocarbonyl (C=S) groups is 1. The monoisotopic (exact) mass is 433 g/mol. The number of hydrogen-bond acceptors (Lipinski definition) is 4. The van der Waals surface area contributed by atoms with Crippen molar-refractivity contribution in [1.29, 1.82) is 0 Å². The van der Waals surface area contributed by atoms with Crippen molar-refractivity contribution >= 4 is 44.6 Å². The lowest BCUT2D eigenvalue weighted by Gasteiger charge is -2.23. The number of para-hydroxylation sites is 1. The third-order valence-corrected chi connectivity index (χ3v) is 6.41. The van der Waals surface area contributed by atoms with Crippen molar-refractivity contribution in [2.45, 2.75) is 44.4 Å². The topological polar surface area (TPSA) is 78.5 Å². The third kappa shape index (κ3) is 6.54. The minimum Gasteiger partial charge on any atom is -0.332 e. The Balaban J connectivity index is 2.03. The van der Waals surface area contributed by atoms with Crippen LogP contribution >= 0.6 is 12.2 Å². The Morgan fingerprint density at radius 2 is 1.66 bits per heavy atom. The third-order valence-electron chi connectivity index (χ3n) is 4.29. The fourth-order valence-corrected chi connectivity index (χ4v) is 4.52. The Bertz CT molecular complexity index is 914. The van der Waals surface area contributed by atoms with Crippen LogP contribution in [0.5, 0.6) is 0 Å². The van der Waals surface area contributed by atoms with Crippen LogP contribution in [0.25, 0.3) is 0 Å². The van der Waals surface area contributed by atoms with E-state index in [-0.39, 0.29) is 15.9 Å². The van der Waals surface area contributed by atoms with E-state index in [1.54, 1.807) is 43.3 Å². The number of nitrogens with zero attached hydrogens (tertiary/aromatic N) is 1. The molecule has 0 heterocycles. The molecule has 0 saturated carbocycles. The average Bonchev–Trinajstić information content (AvgIpc) is 2.69. The van der Waals surface area contributed by atoms with E-state index in [4.69, 9.17) is 12.2 Å². The number of amides is 1. The lowest BCUT2D eigenvalue weighted by molar-refractivity contribution is -0.119. The number of hydrogen-bond donors (Lipinski definition) is 2. The van der Waals surface area contributed by atoms with Gasteiger partial charge in [0, 0.05) is 18.7 Å². The van der Waals surface area contributed by atoms with Crippen LogP contribution in [0.3, 0.4) is 0 Å². The minimum atomic E-state index is -3.68. The smallest absolute Gasteiger partial charge is 0.264 e. The summed E-state index contributed by atoms with van der Waals surface area (Å²) in [5, 5.41) is 5.74. The van der Waals surface area contributed by atoms with Gasteiger partial charge in [0.25, 0.3) is 10.0 Å². The molecular formula is C21H27N3O3S2. The van der Waals surface area contributed by atoms with Gasteiger partial charge < -0.3 is 10.6 Å². The summed E-state index contributed by atoms with van der Waals surface area (Å²) in [4.78, 5) is 12.0. The predicted molar refractivity (Wildman–Crippen MR) is 122 cm³/mol. The number of carbonyl (C=O) groups excluding carboxylic acids is 1. The van der Waals surface area contributed by atoms with Crippen molar-refractivity contribution in [2.24, 2.45) is 0 Å². The molecule has 0 atom stereocenters. The van der Waals surface area contributed by atoms with Crippen LogP contribution in [0.1, 0.15) is 39.5 Å². The molecular weight excluding hydrogens is 406 g/mol. The number of rotatable bonds is 9. The highest BCUT2D eigenvalue weighted by atomic mass is 32.2. The summed E-state index contributed by atoms with van der Waals surface area (Å²) in [6.45, 7) is 4.19.